The van der Waals surface area contributed by atoms with Crippen LogP contribution in [0.3, 0.4) is 0 Å². The van der Waals surface area contributed by atoms with E-state index in [0.29, 0.717) is 13.2 Å². The monoisotopic (exact) mass is 298 g/mol. The molecule has 7 nitrogen and oxygen atoms in total. The molecule has 0 N–H and O–H groups in total. The molecule has 0 aliphatic rings. The smallest absolute Gasteiger partial charge is 0.178 e. The van der Waals surface area contributed by atoms with E-state index in [2.05, 4.69) is 25.2 Å². The second kappa shape index (κ2) is 6.48. The molecule has 114 valence electrons. The van der Waals surface area contributed by atoms with Gasteiger partial charge in [0.2, 0.25) is 0 Å². The number of ether oxygens (including phenoxy) is 1. The first kappa shape index (κ1) is 14.4. The zero-order valence-electron chi connectivity index (χ0n) is 12.7. The van der Waals surface area contributed by atoms with E-state index in [4.69, 9.17) is 4.74 Å². The van der Waals surface area contributed by atoms with Crippen molar-refractivity contribution in [3.63, 3.8) is 0 Å². The van der Waals surface area contributed by atoms with E-state index in [0.717, 1.165) is 29.5 Å². The summed E-state index contributed by atoms with van der Waals surface area (Å²) in [5.74, 6) is 1.61. The van der Waals surface area contributed by atoms with E-state index in [9.17, 15) is 0 Å². The molecule has 0 aliphatic heterocycles. The molecule has 0 spiro atoms. The molecular formula is C15H18N6O. The fourth-order valence-corrected chi connectivity index (χ4v) is 2.22. The molecule has 0 fully saturated rings. The number of anilines is 1. The first-order chi connectivity index (χ1) is 10.8. The average Bonchev–Trinajstić information content (AvgIpc) is 2.93. The molecule has 0 atom stereocenters. The van der Waals surface area contributed by atoms with Gasteiger partial charge in [0.25, 0.3) is 0 Å². The Morgan fingerprint density at radius 1 is 1.18 bits per heavy atom. The van der Waals surface area contributed by atoms with Crippen molar-refractivity contribution < 1.29 is 4.74 Å². The van der Waals surface area contributed by atoms with Gasteiger partial charge in [-0.25, -0.2) is 0 Å². The Labute approximate surface area is 128 Å². The van der Waals surface area contributed by atoms with Crippen molar-refractivity contribution in [2.75, 3.05) is 25.2 Å². The molecule has 3 aromatic heterocycles. The highest BCUT2D eigenvalue weighted by molar-refractivity contribution is 5.46. The molecule has 0 amide bonds. The summed E-state index contributed by atoms with van der Waals surface area (Å²) in [5.41, 5.74) is 1.73. The van der Waals surface area contributed by atoms with Crippen LogP contribution in [0.5, 0.6) is 0 Å². The number of aryl methyl sites for hydroxylation is 1. The maximum absolute atomic E-state index is 5.21. The van der Waals surface area contributed by atoms with Gasteiger partial charge in [0.05, 0.1) is 18.8 Å². The second-order valence-corrected chi connectivity index (χ2v) is 4.94. The lowest BCUT2D eigenvalue weighted by molar-refractivity contribution is 0.204. The van der Waals surface area contributed by atoms with E-state index in [1.54, 1.807) is 17.8 Å². The predicted octanol–water partition coefficient (Wildman–Crippen LogP) is 1.48. The van der Waals surface area contributed by atoms with Crippen molar-refractivity contribution in [3.8, 4) is 0 Å². The van der Waals surface area contributed by atoms with Gasteiger partial charge in [-0.05, 0) is 31.2 Å². The summed E-state index contributed by atoms with van der Waals surface area (Å²) in [6.45, 7) is 3.90. The summed E-state index contributed by atoms with van der Waals surface area (Å²) >= 11 is 0. The van der Waals surface area contributed by atoms with Crippen LogP contribution in [0.4, 0.5) is 5.82 Å². The maximum Gasteiger partial charge on any atom is 0.178 e. The van der Waals surface area contributed by atoms with Crippen LogP contribution < -0.4 is 4.90 Å². The minimum atomic E-state index is 0.619. The number of pyridine rings is 1. The molecule has 0 unspecified atom stereocenters. The highest BCUT2D eigenvalue weighted by Crippen LogP contribution is 2.14. The molecule has 0 aliphatic carbocycles. The first-order valence-corrected chi connectivity index (χ1v) is 7.11. The van der Waals surface area contributed by atoms with Crippen molar-refractivity contribution in [1.29, 1.82) is 0 Å². The van der Waals surface area contributed by atoms with Crippen molar-refractivity contribution in [1.82, 2.24) is 24.8 Å². The largest absolute Gasteiger partial charge is 0.383 e. The quantitative estimate of drug-likeness (QED) is 0.686. The molecule has 7 heteroatoms. The summed E-state index contributed by atoms with van der Waals surface area (Å²) in [5, 5.41) is 12.7. The van der Waals surface area contributed by atoms with Crippen LogP contribution >= 0.6 is 0 Å². The topological polar surface area (TPSA) is 68.4 Å². The minimum absolute atomic E-state index is 0.619. The van der Waals surface area contributed by atoms with Crippen LogP contribution in [0.15, 0.2) is 36.5 Å². The van der Waals surface area contributed by atoms with Crippen LogP contribution in [-0.4, -0.2) is 45.1 Å². The first-order valence-electron chi connectivity index (χ1n) is 7.11. The van der Waals surface area contributed by atoms with Crippen molar-refractivity contribution in [2.45, 2.75) is 13.5 Å². The highest BCUT2D eigenvalue weighted by Gasteiger charge is 2.12. The normalized spacial score (nSPS) is 11.0. The maximum atomic E-state index is 5.21. The lowest BCUT2D eigenvalue weighted by atomic mass is 10.3. The van der Waals surface area contributed by atoms with Gasteiger partial charge in [0, 0.05) is 19.9 Å². The highest BCUT2D eigenvalue weighted by atomic mass is 16.5. The Hall–Kier alpha value is -2.54. The third-order valence-corrected chi connectivity index (χ3v) is 3.37. The molecule has 3 heterocycles. The number of fused-ring (bicyclic) bond motifs is 1. The Bertz CT molecular complexity index is 742. The predicted molar refractivity (Wildman–Crippen MR) is 82.7 cm³/mol. The van der Waals surface area contributed by atoms with E-state index >= 15 is 0 Å². The van der Waals surface area contributed by atoms with Gasteiger partial charge in [-0.2, -0.15) is 4.52 Å². The van der Waals surface area contributed by atoms with Crippen LogP contribution in [0, 0.1) is 6.92 Å². The average molecular weight is 298 g/mol. The third kappa shape index (κ3) is 3.04. The van der Waals surface area contributed by atoms with Gasteiger partial charge in [-0.3, -0.25) is 4.98 Å². The van der Waals surface area contributed by atoms with Gasteiger partial charge in [-0.15, -0.1) is 15.3 Å². The minimum Gasteiger partial charge on any atom is -0.383 e. The molecule has 0 saturated carbocycles. The summed E-state index contributed by atoms with van der Waals surface area (Å²) in [7, 11) is 1.69. The number of nitrogens with zero attached hydrogens (tertiary/aromatic N) is 6. The van der Waals surface area contributed by atoms with Crippen LogP contribution in [0.2, 0.25) is 0 Å². The molecule has 0 saturated heterocycles. The van der Waals surface area contributed by atoms with Gasteiger partial charge in [0.15, 0.2) is 11.5 Å². The lowest BCUT2D eigenvalue weighted by Crippen LogP contribution is -2.28. The van der Waals surface area contributed by atoms with E-state index < -0.39 is 0 Å². The summed E-state index contributed by atoms with van der Waals surface area (Å²) < 4.78 is 6.95. The number of hydrogen-bond donors (Lipinski definition) is 0. The SMILES string of the molecule is COCCN(Cc1ccccn1)c1ccc2nnc(C)n2n1. The van der Waals surface area contributed by atoms with Crippen LogP contribution in [0.1, 0.15) is 11.5 Å². The number of aromatic nitrogens is 5. The van der Waals surface area contributed by atoms with Gasteiger partial charge < -0.3 is 9.64 Å². The molecule has 0 bridgehead atoms. The number of methoxy groups -OCH3 is 1. The summed E-state index contributed by atoms with van der Waals surface area (Å²) in [4.78, 5) is 6.51. The van der Waals surface area contributed by atoms with Crippen molar-refractivity contribution >= 4 is 11.5 Å². The number of rotatable bonds is 6. The Balaban J connectivity index is 1.90. The molecule has 3 rings (SSSR count). The molecule has 0 radical (unpaired) electrons. The standard InChI is InChI=1S/C15H18N6O/c1-12-17-18-14-6-7-15(19-21(12)14)20(9-10-22-2)11-13-5-3-4-8-16-13/h3-8H,9-11H2,1-2H3. The third-order valence-electron chi connectivity index (χ3n) is 3.37. The Kier molecular flexibility index (Phi) is 4.24. The zero-order valence-corrected chi connectivity index (χ0v) is 12.7. The van der Waals surface area contributed by atoms with Gasteiger partial charge in [-0.1, -0.05) is 6.07 Å². The second-order valence-electron chi connectivity index (χ2n) is 4.94. The van der Waals surface area contributed by atoms with E-state index in [1.807, 2.05) is 37.3 Å². The fourth-order valence-electron chi connectivity index (χ4n) is 2.22. The molecule has 0 aromatic carbocycles. The summed E-state index contributed by atoms with van der Waals surface area (Å²) in [6.07, 6.45) is 1.80. The molecule has 22 heavy (non-hydrogen) atoms. The Morgan fingerprint density at radius 3 is 2.86 bits per heavy atom. The van der Waals surface area contributed by atoms with Crippen LogP contribution in [0.25, 0.3) is 5.65 Å². The van der Waals surface area contributed by atoms with Gasteiger partial charge in [0.1, 0.15) is 5.82 Å². The Morgan fingerprint density at radius 2 is 2.09 bits per heavy atom. The van der Waals surface area contributed by atoms with E-state index in [-0.39, 0.29) is 0 Å². The zero-order chi connectivity index (χ0) is 15.4. The van der Waals surface area contributed by atoms with Crippen molar-refractivity contribution in [2.24, 2.45) is 0 Å². The van der Waals surface area contributed by atoms with Crippen LogP contribution in [-0.2, 0) is 11.3 Å². The fraction of sp³-hybridized carbons (Fsp3) is 0.333. The van der Waals surface area contributed by atoms with Gasteiger partial charge >= 0.3 is 0 Å². The van der Waals surface area contributed by atoms with E-state index in [1.165, 1.54) is 0 Å². The molecular weight excluding hydrogens is 280 g/mol. The van der Waals surface area contributed by atoms with Crippen molar-refractivity contribution in [3.05, 3.63) is 48.0 Å². The summed E-state index contributed by atoms with van der Waals surface area (Å²) in [6, 6.07) is 9.76. The number of hydrogen-bond acceptors (Lipinski definition) is 6. The molecule has 3 aromatic rings. The lowest BCUT2D eigenvalue weighted by Gasteiger charge is -2.22.